The molecule has 0 unspecified atom stereocenters. The summed E-state index contributed by atoms with van der Waals surface area (Å²) in [4.78, 5) is 24.6. The second kappa shape index (κ2) is 7.40. The minimum Gasteiger partial charge on any atom is -0.454 e. The summed E-state index contributed by atoms with van der Waals surface area (Å²) in [7, 11) is 0. The van der Waals surface area contributed by atoms with Gasteiger partial charge in [0.15, 0.2) is 11.5 Å². The Bertz CT molecular complexity index is 1050. The van der Waals surface area contributed by atoms with E-state index in [0.717, 1.165) is 0 Å². The topological polar surface area (TPSA) is 76.7 Å². The van der Waals surface area contributed by atoms with Gasteiger partial charge in [-0.2, -0.15) is 0 Å². The summed E-state index contributed by atoms with van der Waals surface area (Å²) < 4.78 is 24.2. The Morgan fingerprint density at radius 1 is 0.786 bits per heavy atom. The van der Waals surface area contributed by atoms with Crippen LogP contribution in [-0.4, -0.2) is 18.6 Å². The molecule has 1 aliphatic heterocycles. The van der Waals surface area contributed by atoms with Gasteiger partial charge in [0, 0.05) is 22.9 Å². The van der Waals surface area contributed by atoms with E-state index >= 15 is 0 Å². The number of rotatable bonds is 4. The Hall–Kier alpha value is -3.87. The number of ether oxygens (including phenoxy) is 2. The van der Waals surface area contributed by atoms with Gasteiger partial charge in [-0.1, -0.05) is 12.1 Å². The molecule has 7 heteroatoms. The highest BCUT2D eigenvalue weighted by Gasteiger charge is 2.15. The van der Waals surface area contributed by atoms with Crippen LogP contribution in [0.25, 0.3) is 0 Å². The van der Waals surface area contributed by atoms with Crippen molar-refractivity contribution in [3.8, 4) is 11.5 Å². The molecule has 1 aliphatic rings. The van der Waals surface area contributed by atoms with E-state index in [-0.39, 0.29) is 18.4 Å². The van der Waals surface area contributed by atoms with E-state index in [4.69, 9.17) is 9.47 Å². The molecule has 140 valence electrons. The monoisotopic (exact) mass is 378 g/mol. The lowest BCUT2D eigenvalue weighted by Gasteiger charge is -2.08. The molecule has 0 saturated carbocycles. The van der Waals surface area contributed by atoms with Gasteiger partial charge in [0.05, 0.1) is 5.69 Å². The van der Waals surface area contributed by atoms with Gasteiger partial charge in [-0.05, 0) is 48.5 Å². The fourth-order valence-electron chi connectivity index (χ4n) is 2.71. The summed E-state index contributed by atoms with van der Waals surface area (Å²) >= 11 is 0. The van der Waals surface area contributed by atoms with Gasteiger partial charge in [-0.3, -0.25) is 9.59 Å². The van der Waals surface area contributed by atoms with Crippen molar-refractivity contribution in [2.45, 2.75) is 0 Å². The van der Waals surface area contributed by atoms with Crippen LogP contribution >= 0.6 is 0 Å². The van der Waals surface area contributed by atoms with E-state index in [1.807, 2.05) is 0 Å². The van der Waals surface area contributed by atoms with Crippen LogP contribution in [0.3, 0.4) is 0 Å². The number of amides is 2. The maximum atomic E-state index is 13.6. The Balaban J connectivity index is 1.43. The van der Waals surface area contributed by atoms with Crippen molar-refractivity contribution < 1.29 is 23.5 Å². The van der Waals surface area contributed by atoms with Gasteiger partial charge in [0.1, 0.15) is 5.82 Å². The van der Waals surface area contributed by atoms with Crippen LogP contribution in [0.5, 0.6) is 11.5 Å². The van der Waals surface area contributed by atoms with Gasteiger partial charge in [-0.15, -0.1) is 0 Å². The second-order valence-corrected chi connectivity index (χ2v) is 6.03. The SMILES string of the molecule is O=C(Nc1ccc2c(c1)OCO2)c1ccc(C(=O)Nc2ccccc2F)cc1. The molecule has 0 radical (unpaired) electrons. The third-order valence-corrected chi connectivity index (χ3v) is 4.16. The number of carbonyl (C=O) groups excluding carboxylic acids is 2. The number of fused-ring (bicyclic) bond motifs is 1. The first kappa shape index (κ1) is 17.5. The molecule has 2 amide bonds. The molecule has 0 fully saturated rings. The third kappa shape index (κ3) is 3.64. The van der Waals surface area contributed by atoms with E-state index in [2.05, 4.69) is 10.6 Å². The highest BCUT2D eigenvalue weighted by atomic mass is 19.1. The molecule has 28 heavy (non-hydrogen) atoms. The zero-order valence-electron chi connectivity index (χ0n) is 14.6. The quantitative estimate of drug-likeness (QED) is 0.718. The minimum absolute atomic E-state index is 0.0946. The normalized spacial score (nSPS) is 11.8. The Morgan fingerprint density at radius 3 is 2.14 bits per heavy atom. The van der Waals surface area contributed by atoms with Crippen molar-refractivity contribution in [3.05, 3.63) is 83.7 Å². The molecule has 0 aromatic heterocycles. The summed E-state index contributed by atoms with van der Waals surface area (Å²) in [5, 5.41) is 5.26. The number of hydrogen-bond donors (Lipinski definition) is 2. The van der Waals surface area contributed by atoms with Crippen molar-refractivity contribution in [2.75, 3.05) is 17.4 Å². The van der Waals surface area contributed by atoms with Crippen LogP contribution < -0.4 is 20.1 Å². The highest BCUT2D eigenvalue weighted by molar-refractivity contribution is 6.07. The highest BCUT2D eigenvalue weighted by Crippen LogP contribution is 2.34. The molecule has 3 aromatic carbocycles. The lowest BCUT2D eigenvalue weighted by Crippen LogP contribution is -2.15. The van der Waals surface area contributed by atoms with Crippen molar-refractivity contribution in [3.63, 3.8) is 0 Å². The zero-order chi connectivity index (χ0) is 19.5. The molecule has 0 bridgehead atoms. The van der Waals surface area contributed by atoms with E-state index in [1.165, 1.54) is 36.4 Å². The number of anilines is 2. The maximum Gasteiger partial charge on any atom is 0.255 e. The summed E-state index contributed by atoms with van der Waals surface area (Å²) in [6, 6.07) is 17.1. The predicted octanol–water partition coefficient (Wildman–Crippen LogP) is 4.06. The van der Waals surface area contributed by atoms with Crippen molar-refractivity contribution in [2.24, 2.45) is 0 Å². The summed E-state index contributed by atoms with van der Waals surface area (Å²) in [5.41, 5.74) is 1.34. The second-order valence-electron chi connectivity index (χ2n) is 6.03. The van der Waals surface area contributed by atoms with Crippen LogP contribution in [0.2, 0.25) is 0 Å². The standard InChI is InChI=1S/C21H15FN2O4/c22-16-3-1-2-4-17(16)24-21(26)14-7-5-13(6-8-14)20(25)23-15-9-10-18-19(11-15)28-12-27-18/h1-11H,12H2,(H,23,25)(H,24,26). The summed E-state index contributed by atoms with van der Waals surface area (Å²) in [6.45, 7) is 0.156. The fraction of sp³-hybridized carbons (Fsp3) is 0.0476. The average molecular weight is 378 g/mol. The molecule has 6 nitrogen and oxygen atoms in total. The van der Waals surface area contributed by atoms with Gasteiger partial charge < -0.3 is 20.1 Å². The number of para-hydroxylation sites is 1. The molecule has 0 saturated heterocycles. The van der Waals surface area contributed by atoms with E-state index in [9.17, 15) is 14.0 Å². The molecule has 0 aliphatic carbocycles. The maximum absolute atomic E-state index is 13.6. The van der Waals surface area contributed by atoms with Gasteiger partial charge in [-0.25, -0.2) is 4.39 Å². The largest absolute Gasteiger partial charge is 0.454 e. The van der Waals surface area contributed by atoms with Crippen LogP contribution in [0, 0.1) is 5.82 Å². The summed E-state index contributed by atoms with van der Waals surface area (Å²) in [6.07, 6.45) is 0. The first-order valence-electron chi connectivity index (χ1n) is 8.47. The fourth-order valence-corrected chi connectivity index (χ4v) is 2.71. The molecule has 4 rings (SSSR count). The van der Waals surface area contributed by atoms with E-state index in [1.54, 1.807) is 30.3 Å². The molecule has 3 aromatic rings. The number of benzene rings is 3. The van der Waals surface area contributed by atoms with Crippen LogP contribution in [0.4, 0.5) is 15.8 Å². The Morgan fingerprint density at radius 2 is 1.43 bits per heavy atom. The predicted molar refractivity (Wildman–Crippen MR) is 101 cm³/mol. The van der Waals surface area contributed by atoms with Gasteiger partial charge >= 0.3 is 0 Å². The van der Waals surface area contributed by atoms with Crippen molar-refractivity contribution >= 4 is 23.2 Å². The first-order chi connectivity index (χ1) is 13.6. The third-order valence-electron chi connectivity index (χ3n) is 4.16. The Kier molecular flexibility index (Phi) is 4.63. The molecule has 0 atom stereocenters. The molecular weight excluding hydrogens is 363 g/mol. The van der Waals surface area contributed by atoms with Crippen molar-refractivity contribution in [1.82, 2.24) is 0 Å². The average Bonchev–Trinajstić information content (AvgIpc) is 3.17. The van der Waals surface area contributed by atoms with E-state index in [0.29, 0.717) is 28.3 Å². The van der Waals surface area contributed by atoms with Gasteiger partial charge in [0.25, 0.3) is 11.8 Å². The first-order valence-corrected chi connectivity index (χ1v) is 8.47. The number of hydrogen-bond acceptors (Lipinski definition) is 4. The summed E-state index contributed by atoms with van der Waals surface area (Å²) in [5.74, 6) is -0.121. The Labute approximate surface area is 159 Å². The number of halogens is 1. The minimum atomic E-state index is -0.518. The van der Waals surface area contributed by atoms with Crippen LogP contribution in [-0.2, 0) is 0 Å². The molecular formula is C21H15FN2O4. The molecule has 0 spiro atoms. The zero-order valence-corrected chi connectivity index (χ0v) is 14.6. The van der Waals surface area contributed by atoms with Crippen molar-refractivity contribution in [1.29, 1.82) is 0 Å². The molecule has 1 heterocycles. The molecule has 2 N–H and O–H groups in total. The van der Waals surface area contributed by atoms with Gasteiger partial charge in [0.2, 0.25) is 6.79 Å². The van der Waals surface area contributed by atoms with Crippen LogP contribution in [0.1, 0.15) is 20.7 Å². The lowest BCUT2D eigenvalue weighted by molar-refractivity contribution is 0.101. The van der Waals surface area contributed by atoms with Crippen LogP contribution in [0.15, 0.2) is 66.7 Å². The lowest BCUT2D eigenvalue weighted by atomic mass is 10.1. The smallest absolute Gasteiger partial charge is 0.255 e. The number of carbonyl (C=O) groups is 2. The van der Waals surface area contributed by atoms with E-state index < -0.39 is 11.7 Å². The number of nitrogens with one attached hydrogen (secondary N) is 2.